The van der Waals surface area contributed by atoms with E-state index in [2.05, 4.69) is 20.9 Å². The van der Waals surface area contributed by atoms with Crippen molar-refractivity contribution in [2.75, 3.05) is 0 Å². The molecule has 0 saturated heterocycles. The molecule has 1 heterocycles. The lowest BCUT2D eigenvalue weighted by atomic mass is 10.1. The Kier molecular flexibility index (Phi) is 3.61. The number of halogens is 6. The predicted molar refractivity (Wildman–Crippen MR) is 47.3 cm³/mol. The zero-order valence-electron chi connectivity index (χ0n) is 7.36. The fraction of sp³-hybridized carbons (Fsp3) is 0.250. The Balaban J connectivity index is 3.61. The second kappa shape index (κ2) is 4.44. The van der Waals surface area contributed by atoms with Gasteiger partial charge in [0.25, 0.3) is 6.43 Å². The van der Waals surface area contributed by atoms with Crippen LogP contribution in [0, 0.1) is 0 Å². The van der Waals surface area contributed by atoms with Crippen LogP contribution < -0.4 is 0 Å². The lowest BCUT2D eigenvalue weighted by molar-refractivity contribution is -0.140. The van der Waals surface area contributed by atoms with E-state index in [4.69, 9.17) is 0 Å². The topological polar surface area (TPSA) is 30.0 Å². The number of aromatic nitrogens is 1. The molecular formula is C8H3BrF5NO. The Morgan fingerprint density at radius 3 is 2.31 bits per heavy atom. The quantitative estimate of drug-likeness (QED) is 0.474. The molecule has 1 rings (SSSR count). The molecule has 0 saturated carbocycles. The summed E-state index contributed by atoms with van der Waals surface area (Å²) in [6.45, 7) is 0. The van der Waals surface area contributed by atoms with E-state index in [0.717, 1.165) is 0 Å². The maximum atomic E-state index is 12.5. The minimum absolute atomic E-state index is 0.0871. The van der Waals surface area contributed by atoms with Gasteiger partial charge in [0.1, 0.15) is 4.60 Å². The summed E-state index contributed by atoms with van der Waals surface area (Å²) in [6.07, 6.45) is -7.84. The number of aldehydes is 1. The first-order valence-corrected chi connectivity index (χ1v) is 4.57. The molecule has 0 aliphatic carbocycles. The van der Waals surface area contributed by atoms with Crippen molar-refractivity contribution in [3.63, 3.8) is 0 Å². The summed E-state index contributed by atoms with van der Waals surface area (Å²) in [5, 5.41) is 0. The van der Waals surface area contributed by atoms with Crippen LogP contribution in [0.4, 0.5) is 22.0 Å². The number of carbonyl (C=O) groups is 1. The highest BCUT2D eigenvalue weighted by Gasteiger charge is 2.40. The first kappa shape index (κ1) is 13.0. The Morgan fingerprint density at radius 2 is 1.94 bits per heavy atom. The molecule has 0 spiro atoms. The summed E-state index contributed by atoms with van der Waals surface area (Å²) in [7, 11) is 0. The van der Waals surface area contributed by atoms with Crippen molar-refractivity contribution in [3.05, 3.63) is 27.5 Å². The zero-order chi connectivity index (χ0) is 12.5. The fourth-order valence-corrected chi connectivity index (χ4v) is 1.66. The molecule has 2 nitrogen and oxygen atoms in total. The molecule has 0 atom stereocenters. The van der Waals surface area contributed by atoms with Crippen LogP contribution >= 0.6 is 15.9 Å². The second-order valence-electron chi connectivity index (χ2n) is 2.71. The largest absolute Gasteiger partial charge is 0.419 e. The van der Waals surface area contributed by atoms with Crippen LogP contribution in [-0.4, -0.2) is 11.3 Å². The predicted octanol–water partition coefficient (Wildman–Crippen LogP) is 3.61. The van der Waals surface area contributed by atoms with Crippen LogP contribution in [0.3, 0.4) is 0 Å². The standard InChI is InChI=1S/C8H3BrF5NO/c9-6-5(8(12,13)14)4(7(10)11)3(2-16)1-15-6/h1-2,7H. The van der Waals surface area contributed by atoms with Crippen LogP contribution in [0.1, 0.15) is 27.9 Å². The third-order valence-corrected chi connectivity index (χ3v) is 2.33. The van der Waals surface area contributed by atoms with E-state index in [1.807, 2.05) is 0 Å². The highest BCUT2D eigenvalue weighted by molar-refractivity contribution is 9.10. The van der Waals surface area contributed by atoms with Crippen molar-refractivity contribution in [2.24, 2.45) is 0 Å². The van der Waals surface area contributed by atoms with Crippen molar-refractivity contribution in [1.29, 1.82) is 0 Å². The molecule has 1 aromatic rings. The maximum absolute atomic E-state index is 12.5. The Hall–Kier alpha value is -1.05. The van der Waals surface area contributed by atoms with E-state index in [0.29, 0.717) is 6.20 Å². The van der Waals surface area contributed by atoms with E-state index in [9.17, 15) is 26.7 Å². The number of alkyl halides is 5. The molecule has 0 fully saturated rings. The van der Waals surface area contributed by atoms with Gasteiger partial charge in [-0.05, 0) is 15.9 Å². The van der Waals surface area contributed by atoms with Gasteiger partial charge in [0, 0.05) is 17.3 Å². The average molecular weight is 304 g/mol. The van der Waals surface area contributed by atoms with Gasteiger partial charge in [-0.15, -0.1) is 0 Å². The second-order valence-corrected chi connectivity index (χ2v) is 3.46. The monoisotopic (exact) mass is 303 g/mol. The molecule has 1 aromatic heterocycles. The molecule has 0 radical (unpaired) electrons. The van der Waals surface area contributed by atoms with Gasteiger partial charge in [-0.2, -0.15) is 13.2 Å². The van der Waals surface area contributed by atoms with Gasteiger partial charge in [0.05, 0.1) is 5.56 Å². The number of pyridine rings is 1. The van der Waals surface area contributed by atoms with Crippen molar-refractivity contribution in [3.8, 4) is 0 Å². The summed E-state index contributed by atoms with van der Waals surface area (Å²) in [5.41, 5.74) is -3.75. The molecule has 88 valence electrons. The highest BCUT2D eigenvalue weighted by Crippen LogP contribution is 2.40. The molecule has 0 bridgehead atoms. The summed E-state index contributed by atoms with van der Waals surface area (Å²) < 4.78 is 61.6. The molecule has 0 unspecified atom stereocenters. The SMILES string of the molecule is O=Cc1cnc(Br)c(C(F)(F)F)c1C(F)F. The van der Waals surface area contributed by atoms with E-state index in [1.54, 1.807) is 0 Å². The molecule has 0 aromatic carbocycles. The Morgan fingerprint density at radius 1 is 1.38 bits per heavy atom. The first-order chi connectivity index (χ1) is 7.29. The van der Waals surface area contributed by atoms with Gasteiger partial charge >= 0.3 is 6.18 Å². The number of carbonyl (C=O) groups excluding carboxylic acids is 1. The normalized spacial score (nSPS) is 11.9. The zero-order valence-corrected chi connectivity index (χ0v) is 8.94. The van der Waals surface area contributed by atoms with Crippen LogP contribution in [0.15, 0.2) is 10.8 Å². The number of hydrogen-bond donors (Lipinski definition) is 0. The van der Waals surface area contributed by atoms with Gasteiger partial charge < -0.3 is 0 Å². The van der Waals surface area contributed by atoms with Crippen molar-refractivity contribution >= 4 is 22.2 Å². The fourth-order valence-electron chi connectivity index (χ4n) is 1.11. The molecule has 0 N–H and O–H groups in total. The number of nitrogens with zero attached hydrogens (tertiary/aromatic N) is 1. The molecule has 0 aliphatic rings. The van der Waals surface area contributed by atoms with E-state index in [-0.39, 0.29) is 6.29 Å². The van der Waals surface area contributed by atoms with Crippen LogP contribution in [0.5, 0.6) is 0 Å². The molecule has 8 heteroatoms. The lowest BCUT2D eigenvalue weighted by Gasteiger charge is -2.14. The van der Waals surface area contributed by atoms with Crippen molar-refractivity contribution < 1.29 is 26.7 Å². The number of rotatable bonds is 2. The van der Waals surface area contributed by atoms with Gasteiger partial charge in [0.15, 0.2) is 6.29 Å². The summed E-state index contributed by atoms with van der Waals surface area (Å²) in [4.78, 5) is 13.6. The summed E-state index contributed by atoms with van der Waals surface area (Å²) in [5.74, 6) is 0. The smallest absolute Gasteiger partial charge is 0.298 e. The molecule has 0 aliphatic heterocycles. The minimum atomic E-state index is -5.00. The van der Waals surface area contributed by atoms with Gasteiger partial charge in [-0.25, -0.2) is 13.8 Å². The molecule has 0 amide bonds. The Bertz CT molecular complexity index is 418. The average Bonchev–Trinajstić information content (AvgIpc) is 2.15. The van der Waals surface area contributed by atoms with Crippen molar-refractivity contribution in [1.82, 2.24) is 4.98 Å². The minimum Gasteiger partial charge on any atom is -0.298 e. The van der Waals surface area contributed by atoms with Crippen LogP contribution in [0.2, 0.25) is 0 Å². The molecule has 16 heavy (non-hydrogen) atoms. The third-order valence-electron chi connectivity index (χ3n) is 1.73. The number of hydrogen-bond acceptors (Lipinski definition) is 2. The summed E-state index contributed by atoms with van der Waals surface area (Å²) >= 11 is 2.43. The van der Waals surface area contributed by atoms with Crippen molar-refractivity contribution in [2.45, 2.75) is 12.6 Å². The van der Waals surface area contributed by atoms with Crippen LogP contribution in [0.25, 0.3) is 0 Å². The van der Waals surface area contributed by atoms with E-state index < -0.39 is 33.9 Å². The Labute approximate surface area is 94.6 Å². The van der Waals surface area contributed by atoms with Gasteiger partial charge in [0.2, 0.25) is 0 Å². The van der Waals surface area contributed by atoms with Gasteiger partial charge in [-0.3, -0.25) is 4.79 Å². The third kappa shape index (κ3) is 2.37. The first-order valence-electron chi connectivity index (χ1n) is 3.78. The van der Waals surface area contributed by atoms with E-state index >= 15 is 0 Å². The summed E-state index contributed by atoms with van der Waals surface area (Å²) in [6, 6.07) is 0. The van der Waals surface area contributed by atoms with Gasteiger partial charge in [-0.1, -0.05) is 0 Å². The lowest BCUT2D eigenvalue weighted by Crippen LogP contribution is -2.14. The molecular weight excluding hydrogens is 301 g/mol. The maximum Gasteiger partial charge on any atom is 0.419 e. The van der Waals surface area contributed by atoms with E-state index in [1.165, 1.54) is 0 Å². The van der Waals surface area contributed by atoms with Crippen LogP contribution in [-0.2, 0) is 6.18 Å². The highest BCUT2D eigenvalue weighted by atomic mass is 79.9.